The first-order valence-corrected chi connectivity index (χ1v) is 11.8. The monoisotopic (exact) mass is 441 g/mol. The van der Waals surface area contributed by atoms with E-state index in [2.05, 4.69) is 96.3 Å². The summed E-state index contributed by atoms with van der Waals surface area (Å²) in [5.41, 5.74) is 6.32. The summed E-state index contributed by atoms with van der Waals surface area (Å²) in [6.45, 7) is 0. The summed E-state index contributed by atoms with van der Waals surface area (Å²) in [5, 5.41) is 8.46. The van der Waals surface area contributed by atoms with E-state index in [4.69, 9.17) is 4.42 Å². The lowest BCUT2D eigenvalue weighted by Gasteiger charge is -2.11. The molecule has 0 aliphatic heterocycles. The molecule has 1 N–H and O–H groups in total. The lowest BCUT2D eigenvalue weighted by molar-refractivity contribution is 0.670. The van der Waals surface area contributed by atoms with Gasteiger partial charge in [0.2, 0.25) is 0 Å². The van der Waals surface area contributed by atoms with Gasteiger partial charge in [-0.25, -0.2) is 0 Å². The van der Waals surface area contributed by atoms with Crippen LogP contribution >= 0.6 is 11.3 Å². The molecule has 0 amide bonds. The molecule has 33 heavy (non-hydrogen) atoms. The molecular weight excluding hydrogens is 422 g/mol. The molecule has 0 aliphatic rings. The summed E-state index contributed by atoms with van der Waals surface area (Å²) in [6.07, 6.45) is 0. The smallest absolute Gasteiger partial charge is 0.143 e. The Hall–Kier alpha value is -4.08. The zero-order valence-corrected chi connectivity index (χ0v) is 18.5. The van der Waals surface area contributed by atoms with Crippen LogP contribution in [0.15, 0.2) is 114 Å². The molecule has 2 nitrogen and oxygen atoms in total. The standard InChI is InChI=1S/C30H19NOS/c1-2-9-19(10-3-1)31-20-17-25-22-12-5-7-16-28(22)33-30(25)26(18-20)24-14-8-13-23-21-11-4-6-15-27(21)32-29(23)24/h1-18,31H. The third-order valence-corrected chi connectivity index (χ3v) is 7.45. The van der Waals surface area contributed by atoms with E-state index in [9.17, 15) is 0 Å². The van der Waals surface area contributed by atoms with E-state index in [1.807, 2.05) is 29.5 Å². The number of rotatable bonds is 3. The molecule has 0 saturated heterocycles. The summed E-state index contributed by atoms with van der Waals surface area (Å²) in [6, 6.07) is 38.2. The number of benzene rings is 5. The maximum atomic E-state index is 6.40. The number of fused-ring (bicyclic) bond motifs is 6. The Bertz CT molecular complexity index is 1790. The van der Waals surface area contributed by atoms with E-state index >= 15 is 0 Å². The molecule has 7 rings (SSSR count). The highest BCUT2D eigenvalue weighted by Gasteiger charge is 2.17. The number of furan rings is 1. The van der Waals surface area contributed by atoms with Crippen molar-refractivity contribution in [2.45, 2.75) is 0 Å². The fourth-order valence-corrected chi connectivity index (χ4v) is 5.96. The van der Waals surface area contributed by atoms with E-state index in [0.717, 1.165) is 38.9 Å². The van der Waals surface area contributed by atoms with Crippen molar-refractivity contribution in [1.29, 1.82) is 0 Å². The van der Waals surface area contributed by atoms with Crippen molar-refractivity contribution in [2.75, 3.05) is 5.32 Å². The second kappa shape index (κ2) is 7.22. The first-order valence-electron chi connectivity index (χ1n) is 11.0. The Morgan fingerprint density at radius 1 is 0.545 bits per heavy atom. The predicted octanol–water partition coefficient (Wildman–Crippen LogP) is 9.36. The maximum absolute atomic E-state index is 6.40. The van der Waals surface area contributed by atoms with Crippen LogP contribution in [0.5, 0.6) is 0 Å². The Morgan fingerprint density at radius 3 is 2.21 bits per heavy atom. The molecule has 156 valence electrons. The van der Waals surface area contributed by atoms with E-state index in [0.29, 0.717) is 0 Å². The van der Waals surface area contributed by atoms with Crippen molar-refractivity contribution < 1.29 is 4.42 Å². The number of nitrogens with one attached hydrogen (secondary N) is 1. The molecule has 2 heterocycles. The van der Waals surface area contributed by atoms with Gasteiger partial charge in [-0.05, 0) is 36.4 Å². The first kappa shape index (κ1) is 18.5. The normalized spacial score (nSPS) is 11.6. The number of thiophene rings is 1. The van der Waals surface area contributed by atoms with Gasteiger partial charge in [0.05, 0.1) is 0 Å². The van der Waals surface area contributed by atoms with E-state index in [1.165, 1.54) is 25.7 Å². The van der Waals surface area contributed by atoms with Gasteiger partial charge in [-0.2, -0.15) is 0 Å². The molecule has 3 heteroatoms. The van der Waals surface area contributed by atoms with Crippen LogP contribution in [0.1, 0.15) is 0 Å². The summed E-state index contributed by atoms with van der Waals surface area (Å²) in [7, 11) is 0. The lowest BCUT2D eigenvalue weighted by atomic mass is 9.99. The van der Waals surface area contributed by atoms with Crippen LogP contribution in [0, 0.1) is 0 Å². The van der Waals surface area contributed by atoms with Crippen molar-refractivity contribution >= 4 is 64.8 Å². The van der Waals surface area contributed by atoms with E-state index in [1.54, 1.807) is 0 Å². The Kier molecular flexibility index (Phi) is 4.05. The number of hydrogen-bond acceptors (Lipinski definition) is 3. The SMILES string of the molecule is c1ccc(Nc2cc(-c3cccc4c3oc3ccccc34)c3sc4ccccc4c3c2)cc1. The fraction of sp³-hybridized carbons (Fsp3) is 0. The number of para-hydroxylation sites is 3. The quantitative estimate of drug-likeness (QED) is 0.295. The van der Waals surface area contributed by atoms with Gasteiger partial charge in [0, 0.05) is 53.4 Å². The van der Waals surface area contributed by atoms with Crippen molar-refractivity contribution in [1.82, 2.24) is 0 Å². The van der Waals surface area contributed by atoms with Gasteiger partial charge in [0.1, 0.15) is 11.2 Å². The molecule has 5 aromatic carbocycles. The molecule has 0 bridgehead atoms. The molecule has 0 fully saturated rings. The number of anilines is 2. The van der Waals surface area contributed by atoms with Crippen LogP contribution in [0.25, 0.3) is 53.2 Å². The molecule has 2 aromatic heterocycles. The summed E-state index contributed by atoms with van der Waals surface area (Å²) < 4.78 is 8.98. The summed E-state index contributed by atoms with van der Waals surface area (Å²) >= 11 is 1.84. The largest absolute Gasteiger partial charge is 0.455 e. The second-order valence-electron chi connectivity index (χ2n) is 8.27. The van der Waals surface area contributed by atoms with Crippen LogP contribution in [-0.2, 0) is 0 Å². The lowest BCUT2D eigenvalue weighted by Crippen LogP contribution is -1.91. The number of hydrogen-bond donors (Lipinski definition) is 1. The predicted molar refractivity (Wildman–Crippen MR) is 142 cm³/mol. The topological polar surface area (TPSA) is 25.2 Å². The van der Waals surface area contributed by atoms with Crippen molar-refractivity contribution in [3.8, 4) is 11.1 Å². The van der Waals surface area contributed by atoms with Crippen LogP contribution in [0.4, 0.5) is 11.4 Å². The molecule has 7 aromatic rings. The summed E-state index contributed by atoms with van der Waals surface area (Å²) in [4.78, 5) is 0. The van der Waals surface area contributed by atoms with Gasteiger partial charge < -0.3 is 9.73 Å². The fourth-order valence-electron chi connectivity index (χ4n) is 4.75. The Labute approximate surface area is 194 Å². The van der Waals surface area contributed by atoms with Gasteiger partial charge in [-0.15, -0.1) is 11.3 Å². The Morgan fingerprint density at radius 2 is 1.30 bits per heavy atom. The molecule has 0 saturated carbocycles. The second-order valence-corrected chi connectivity index (χ2v) is 9.32. The average Bonchev–Trinajstić information content (AvgIpc) is 3.43. The maximum Gasteiger partial charge on any atom is 0.143 e. The van der Waals surface area contributed by atoms with Gasteiger partial charge in [0.25, 0.3) is 0 Å². The van der Waals surface area contributed by atoms with E-state index in [-0.39, 0.29) is 0 Å². The molecule has 0 aliphatic carbocycles. The highest BCUT2D eigenvalue weighted by molar-refractivity contribution is 7.26. The van der Waals surface area contributed by atoms with Crippen molar-refractivity contribution in [3.05, 3.63) is 109 Å². The van der Waals surface area contributed by atoms with Crippen LogP contribution < -0.4 is 5.32 Å². The van der Waals surface area contributed by atoms with E-state index < -0.39 is 0 Å². The molecule has 0 atom stereocenters. The van der Waals surface area contributed by atoms with Gasteiger partial charge in [-0.1, -0.05) is 72.8 Å². The zero-order chi connectivity index (χ0) is 21.8. The first-order chi connectivity index (χ1) is 16.3. The third kappa shape index (κ3) is 2.94. The highest BCUT2D eigenvalue weighted by atomic mass is 32.1. The zero-order valence-electron chi connectivity index (χ0n) is 17.7. The molecule has 0 unspecified atom stereocenters. The molecular formula is C30H19NOS. The highest BCUT2D eigenvalue weighted by Crippen LogP contribution is 2.45. The molecule has 0 radical (unpaired) electrons. The van der Waals surface area contributed by atoms with Crippen LogP contribution in [0.3, 0.4) is 0 Å². The molecule has 0 spiro atoms. The van der Waals surface area contributed by atoms with Gasteiger partial charge in [0.15, 0.2) is 0 Å². The van der Waals surface area contributed by atoms with Crippen LogP contribution in [0.2, 0.25) is 0 Å². The summed E-state index contributed by atoms with van der Waals surface area (Å²) in [5.74, 6) is 0. The van der Waals surface area contributed by atoms with Crippen molar-refractivity contribution in [2.24, 2.45) is 0 Å². The van der Waals surface area contributed by atoms with Gasteiger partial charge >= 0.3 is 0 Å². The van der Waals surface area contributed by atoms with Gasteiger partial charge in [-0.3, -0.25) is 0 Å². The van der Waals surface area contributed by atoms with Crippen molar-refractivity contribution in [3.63, 3.8) is 0 Å². The van der Waals surface area contributed by atoms with Crippen LogP contribution in [-0.4, -0.2) is 0 Å². The average molecular weight is 442 g/mol. The minimum Gasteiger partial charge on any atom is -0.455 e. The Balaban J connectivity index is 1.55. The minimum atomic E-state index is 0.922. The third-order valence-electron chi connectivity index (χ3n) is 6.24. The minimum absolute atomic E-state index is 0.922.